The average Bonchev–Trinajstić information content (AvgIpc) is 2.67. The van der Waals surface area contributed by atoms with E-state index in [9.17, 15) is 9.90 Å². The Hall–Kier alpha value is -1.61. The van der Waals surface area contributed by atoms with Gasteiger partial charge >= 0.3 is 0 Å². The Bertz CT molecular complexity index is 529. The van der Waals surface area contributed by atoms with E-state index >= 15 is 0 Å². The minimum absolute atomic E-state index is 0.0339. The van der Waals surface area contributed by atoms with Crippen LogP contribution in [0.5, 0.6) is 5.75 Å². The van der Waals surface area contributed by atoms with Crippen LogP contribution in [0.15, 0.2) is 17.7 Å². The summed E-state index contributed by atoms with van der Waals surface area (Å²) in [5.74, 6) is 0.925. The zero-order valence-corrected chi connectivity index (χ0v) is 9.69. The number of aliphatic hydroxyl groups is 1. The van der Waals surface area contributed by atoms with Crippen LogP contribution in [0.25, 0.3) is 6.08 Å². The van der Waals surface area contributed by atoms with E-state index in [0.29, 0.717) is 6.42 Å². The molecule has 1 unspecified atom stereocenters. The Morgan fingerprint density at radius 1 is 1.47 bits per heavy atom. The first-order valence-electron chi connectivity index (χ1n) is 5.85. The van der Waals surface area contributed by atoms with Gasteiger partial charge in [-0.15, -0.1) is 0 Å². The quantitative estimate of drug-likeness (QED) is 0.802. The lowest BCUT2D eigenvalue weighted by atomic mass is 9.98. The number of aryl methyl sites for hydroxylation is 1. The van der Waals surface area contributed by atoms with E-state index in [2.05, 4.69) is 0 Å². The molecule has 17 heavy (non-hydrogen) atoms. The molecule has 0 amide bonds. The summed E-state index contributed by atoms with van der Waals surface area (Å²) in [5.41, 5.74) is 3.56. The highest BCUT2D eigenvalue weighted by Crippen LogP contribution is 2.38. The molecule has 1 fully saturated rings. The molecule has 0 aromatic heterocycles. The lowest BCUT2D eigenvalue weighted by Crippen LogP contribution is -2.20. The maximum atomic E-state index is 11.7. The van der Waals surface area contributed by atoms with E-state index in [0.717, 1.165) is 34.4 Å². The molecular formula is C14H14O3. The van der Waals surface area contributed by atoms with E-state index in [1.807, 2.05) is 25.1 Å². The van der Waals surface area contributed by atoms with Crippen LogP contribution >= 0.6 is 0 Å². The van der Waals surface area contributed by atoms with E-state index < -0.39 is 0 Å². The fraction of sp³-hybridized carbons (Fsp3) is 0.357. The largest absolute Gasteiger partial charge is 0.485 e. The monoisotopic (exact) mass is 230 g/mol. The normalized spacial score (nSPS) is 21.6. The fourth-order valence-corrected chi connectivity index (χ4v) is 2.59. The van der Waals surface area contributed by atoms with Crippen molar-refractivity contribution in [1.82, 2.24) is 0 Å². The van der Waals surface area contributed by atoms with Gasteiger partial charge in [-0.25, -0.2) is 0 Å². The summed E-state index contributed by atoms with van der Waals surface area (Å²) in [5, 5.41) is 9.34. The highest BCUT2D eigenvalue weighted by Gasteiger charge is 2.34. The number of Topliss-reactive ketones (excluding diaryl/α,β-unsaturated/α-hetero) is 1. The Morgan fingerprint density at radius 3 is 3.06 bits per heavy atom. The molecule has 1 saturated carbocycles. The number of benzene rings is 1. The highest BCUT2D eigenvalue weighted by atomic mass is 16.5. The Balaban J connectivity index is 2.16. The van der Waals surface area contributed by atoms with Gasteiger partial charge in [-0.05, 0) is 31.1 Å². The summed E-state index contributed by atoms with van der Waals surface area (Å²) >= 11 is 0. The van der Waals surface area contributed by atoms with Gasteiger partial charge in [0.25, 0.3) is 0 Å². The molecule has 1 aliphatic heterocycles. The van der Waals surface area contributed by atoms with Crippen molar-refractivity contribution in [2.75, 3.05) is 0 Å². The van der Waals surface area contributed by atoms with Crippen LogP contribution in [0.1, 0.15) is 29.5 Å². The van der Waals surface area contributed by atoms with Gasteiger partial charge in [0.2, 0.25) is 0 Å². The van der Waals surface area contributed by atoms with Crippen molar-refractivity contribution in [3.05, 3.63) is 34.4 Å². The second-order valence-corrected chi connectivity index (χ2v) is 4.67. The van der Waals surface area contributed by atoms with Crippen molar-refractivity contribution in [2.45, 2.75) is 32.5 Å². The second-order valence-electron chi connectivity index (χ2n) is 4.67. The van der Waals surface area contributed by atoms with Crippen LogP contribution < -0.4 is 4.74 Å². The second kappa shape index (κ2) is 3.70. The minimum Gasteiger partial charge on any atom is -0.485 e. The predicted octanol–water partition coefficient (Wildman–Crippen LogP) is 1.99. The van der Waals surface area contributed by atoms with Crippen molar-refractivity contribution in [3.63, 3.8) is 0 Å². The third-order valence-electron chi connectivity index (χ3n) is 3.38. The molecule has 3 heteroatoms. The van der Waals surface area contributed by atoms with Crippen LogP contribution in [-0.4, -0.2) is 17.0 Å². The molecule has 1 aromatic carbocycles. The van der Waals surface area contributed by atoms with Gasteiger partial charge in [0.15, 0.2) is 5.78 Å². The molecule has 3 nitrogen and oxygen atoms in total. The van der Waals surface area contributed by atoms with E-state index in [-0.39, 0.29) is 18.5 Å². The van der Waals surface area contributed by atoms with Crippen molar-refractivity contribution < 1.29 is 14.6 Å². The third-order valence-corrected chi connectivity index (χ3v) is 3.38. The maximum absolute atomic E-state index is 11.7. The number of fused-ring (bicyclic) bond motifs is 2. The van der Waals surface area contributed by atoms with Gasteiger partial charge in [-0.3, -0.25) is 4.79 Å². The zero-order chi connectivity index (χ0) is 12.0. The number of ketones is 1. The summed E-state index contributed by atoms with van der Waals surface area (Å²) < 4.78 is 5.85. The van der Waals surface area contributed by atoms with Crippen molar-refractivity contribution in [3.8, 4) is 5.75 Å². The Labute approximate surface area is 99.7 Å². The first kappa shape index (κ1) is 10.5. The SMILES string of the molecule is Cc1cc2c(c(CO)c1)OC1CCC(=O)C1=C2. The topological polar surface area (TPSA) is 46.5 Å². The Morgan fingerprint density at radius 2 is 2.29 bits per heavy atom. The van der Waals surface area contributed by atoms with Crippen molar-refractivity contribution in [2.24, 2.45) is 0 Å². The fourth-order valence-electron chi connectivity index (χ4n) is 2.59. The maximum Gasteiger partial charge on any atom is 0.162 e. The number of hydrogen-bond acceptors (Lipinski definition) is 3. The van der Waals surface area contributed by atoms with Gasteiger partial charge in [-0.1, -0.05) is 6.07 Å². The summed E-state index contributed by atoms with van der Waals surface area (Å²) in [7, 11) is 0. The molecule has 1 atom stereocenters. The number of hydrogen-bond donors (Lipinski definition) is 1. The summed E-state index contributed by atoms with van der Waals surface area (Å²) in [6.07, 6.45) is 3.13. The number of rotatable bonds is 1. The molecule has 2 aliphatic rings. The lowest BCUT2D eigenvalue weighted by molar-refractivity contribution is -0.114. The number of ether oxygens (including phenoxy) is 1. The average molecular weight is 230 g/mol. The van der Waals surface area contributed by atoms with Crippen LogP contribution in [0.4, 0.5) is 0 Å². The van der Waals surface area contributed by atoms with Crippen molar-refractivity contribution in [1.29, 1.82) is 0 Å². The van der Waals surface area contributed by atoms with E-state index in [1.165, 1.54) is 0 Å². The highest BCUT2D eigenvalue weighted by molar-refractivity contribution is 6.03. The summed E-state index contributed by atoms with van der Waals surface area (Å²) in [6, 6.07) is 3.91. The number of aliphatic hydroxyl groups excluding tert-OH is 1. The number of carbonyl (C=O) groups excluding carboxylic acids is 1. The molecule has 1 aromatic rings. The first-order chi connectivity index (χ1) is 8.19. The van der Waals surface area contributed by atoms with Gasteiger partial charge in [0, 0.05) is 23.1 Å². The standard InChI is InChI=1S/C14H14O3/c1-8-4-9-6-11-12(16)2-3-13(11)17-14(9)10(5-8)7-15/h4-6,13,15H,2-3,7H2,1H3. The van der Waals surface area contributed by atoms with Crippen molar-refractivity contribution >= 4 is 11.9 Å². The molecular weight excluding hydrogens is 216 g/mol. The first-order valence-corrected chi connectivity index (χ1v) is 5.85. The lowest BCUT2D eigenvalue weighted by Gasteiger charge is -2.24. The zero-order valence-electron chi connectivity index (χ0n) is 9.69. The molecule has 0 radical (unpaired) electrons. The molecule has 3 rings (SSSR count). The molecule has 1 heterocycles. The predicted molar refractivity (Wildman–Crippen MR) is 63.7 cm³/mol. The Kier molecular flexibility index (Phi) is 2.30. The molecule has 1 aliphatic carbocycles. The van der Waals surface area contributed by atoms with Gasteiger partial charge < -0.3 is 9.84 Å². The van der Waals surface area contributed by atoms with E-state index in [4.69, 9.17) is 4.74 Å². The minimum atomic E-state index is -0.108. The van der Waals surface area contributed by atoms with Crippen LogP contribution in [-0.2, 0) is 11.4 Å². The van der Waals surface area contributed by atoms with Crippen LogP contribution in [0.2, 0.25) is 0 Å². The molecule has 0 saturated heterocycles. The third kappa shape index (κ3) is 1.58. The molecule has 1 N–H and O–H groups in total. The molecule has 0 bridgehead atoms. The van der Waals surface area contributed by atoms with Crippen LogP contribution in [0.3, 0.4) is 0 Å². The van der Waals surface area contributed by atoms with Gasteiger partial charge in [-0.2, -0.15) is 0 Å². The summed E-state index contributed by atoms with van der Waals surface area (Å²) in [6.45, 7) is 1.94. The smallest absolute Gasteiger partial charge is 0.162 e. The molecule has 88 valence electrons. The summed E-state index contributed by atoms with van der Waals surface area (Å²) in [4.78, 5) is 11.7. The van der Waals surface area contributed by atoms with Gasteiger partial charge in [0.1, 0.15) is 11.9 Å². The number of carbonyl (C=O) groups is 1. The molecule has 0 spiro atoms. The van der Waals surface area contributed by atoms with Gasteiger partial charge in [0.05, 0.1) is 6.61 Å². The van der Waals surface area contributed by atoms with E-state index in [1.54, 1.807) is 0 Å². The van der Waals surface area contributed by atoms with Crippen LogP contribution in [0, 0.1) is 6.92 Å².